The highest BCUT2D eigenvalue weighted by Crippen LogP contribution is 2.56. The van der Waals surface area contributed by atoms with Gasteiger partial charge in [0.25, 0.3) is 0 Å². The number of ether oxygens (including phenoxy) is 1. The highest BCUT2D eigenvalue weighted by atomic mass is 35.5. The Morgan fingerprint density at radius 2 is 1.89 bits per heavy atom. The molecule has 27 heavy (non-hydrogen) atoms. The summed E-state index contributed by atoms with van der Waals surface area (Å²) < 4.78 is 11.6. The number of nitriles is 1. The molecule has 0 heterocycles. The quantitative estimate of drug-likeness (QED) is 0.681. The number of rotatable bonds is 7. The number of nitrogens with one attached hydrogen (secondary N) is 1. The van der Waals surface area contributed by atoms with Crippen LogP contribution in [0.25, 0.3) is 0 Å². The van der Waals surface area contributed by atoms with Gasteiger partial charge in [-0.05, 0) is 44.6 Å². The van der Waals surface area contributed by atoms with Crippen LogP contribution in [0.3, 0.4) is 0 Å². The van der Waals surface area contributed by atoms with Crippen molar-refractivity contribution in [3.63, 3.8) is 0 Å². The van der Waals surface area contributed by atoms with Crippen molar-refractivity contribution in [2.45, 2.75) is 57.4 Å². The first kappa shape index (κ1) is 23.6. The van der Waals surface area contributed by atoms with Gasteiger partial charge in [-0.1, -0.05) is 32.4 Å². The lowest BCUT2D eigenvalue weighted by Gasteiger charge is -2.48. The molecule has 0 radical (unpaired) electrons. The lowest BCUT2D eigenvalue weighted by Crippen LogP contribution is -2.39. The monoisotopic (exact) mass is 414 g/mol. The molecule has 0 aliphatic rings. The molecule has 0 spiro atoms. The molecule has 7 heteroatoms. The van der Waals surface area contributed by atoms with Crippen LogP contribution in [0.15, 0.2) is 18.2 Å². The number of methoxy groups -OCH3 is 1. The molecule has 1 aromatic rings. The number of benzene rings is 1. The molecule has 0 aromatic heterocycles. The fraction of sp³-hybridized carbons (Fsp3) is 0.600. The van der Waals surface area contributed by atoms with E-state index in [0.717, 1.165) is 0 Å². The Morgan fingerprint density at radius 3 is 2.37 bits per heavy atom. The van der Waals surface area contributed by atoms with E-state index in [9.17, 15) is 10.1 Å². The summed E-state index contributed by atoms with van der Waals surface area (Å²) in [5.74, 6) is 0.234. The van der Waals surface area contributed by atoms with Gasteiger partial charge in [0, 0.05) is 15.3 Å². The highest BCUT2D eigenvalue weighted by molar-refractivity contribution is 8.29. The Bertz CT molecular complexity index is 721. The van der Waals surface area contributed by atoms with Gasteiger partial charge in [0.05, 0.1) is 25.2 Å². The molecule has 0 aliphatic carbocycles. The van der Waals surface area contributed by atoms with Crippen molar-refractivity contribution >= 4 is 27.8 Å². The summed E-state index contributed by atoms with van der Waals surface area (Å²) >= 11 is 6.04. The Morgan fingerprint density at radius 1 is 1.30 bits per heavy atom. The third-order valence-corrected chi connectivity index (χ3v) is 8.48. The van der Waals surface area contributed by atoms with E-state index in [1.54, 1.807) is 18.2 Å². The third kappa shape index (κ3) is 6.60. The Hall–Kier alpha value is -1.42. The van der Waals surface area contributed by atoms with E-state index in [0.29, 0.717) is 16.3 Å². The second-order valence-electron chi connectivity index (χ2n) is 8.38. The van der Waals surface area contributed by atoms with Gasteiger partial charge in [-0.25, -0.2) is 0 Å². The number of halogens is 1. The van der Waals surface area contributed by atoms with Crippen molar-refractivity contribution in [3.8, 4) is 11.8 Å². The molecule has 0 fully saturated rings. The number of hydrogen-bond donors (Lipinski definition) is 1. The molecule has 0 bridgehead atoms. The minimum absolute atomic E-state index is 0.00983. The number of nitrogens with zero attached hydrogens (tertiary/aromatic N) is 1. The van der Waals surface area contributed by atoms with Crippen LogP contribution in [-0.4, -0.2) is 35.9 Å². The van der Waals surface area contributed by atoms with E-state index in [4.69, 9.17) is 20.5 Å². The van der Waals surface area contributed by atoms with E-state index < -0.39 is 22.0 Å². The SMILES string of the molecule is COc1ccc(Cl)cc1C(C#N)NC(=O)CC(C)(C)OS(C)(C)C(C)(C)C. The van der Waals surface area contributed by atoms with Crippen molar-refractivity contribution in [1.82, 2.24) is 5.32 Å². The van der Waals surface area contributed by atoms with Gasteiger partial charge < -0.3 is 14.2 Å². The van der Waals surface area contributed by atoms with Crippen molar-refractivity contribution < 1.29 is 13.7 Å². The summed E-state index contributed by atoms with van der Waals surface area (Å²) in [6.07, 6.45) is 4.34. The van der Waals surface area contributed by atoms with Crippen LogP contribution >= 0.6 is 21.9 Å². The van der Waals surface area contributed by atoms with Crippen LogP contribution in [0.2, 0.25) is 5.02 Å². The summed E-state index contributed by atoms with van der Waals surface area (Å²) in [7, 11) is 0.125. The molecule has 1 unspecified atom stereocenters. The highest BCUT2D eigenvalue weighted by Gasteiger charge is 2.36. The van der Waals surface area contributed by atoms with Crippen molar-refractivity contribution in [1.29, 1.82) is 5.26 Å². The van der Waals surface area contributed by atoms with Crippen LogP contribution in [0.1, 0.15) is 52.6 Å². The molecule has 1 atom stereocenters. The maximum Gasteiger partial charge on any atom is 0.224 e. The predicted molar refractivity (Wildman–Crippen MR) is 113 cm³/mol. The molecule has 0 aliphatic heterocycles. The van der Waals surface area contributed by atoms with Crippen molar-refractivity contribution in [2.24, 2.45) is 0 Å². The zero-order valence-corrected chi connectivity index (χ0v) is 19.0. The number of carbonyl (C=O) groups excluding carboxylic acids is 1. The first-order valence-electron chi connectivity index (χ1n) is 8.68. The van der Waals surface area contributed by atoms with Crippen LogP contribution in [0.4, 0.5) is 0 Å². The smallest absolute Gasteiger partial charge is 0.224 e. The number of carbonyl (C=O) groups is 1. The van der Waals surface area contributed by atoms with E-state index in [2.05, 4.69) is 44.7 Å². The topological polar surface area (TPSA) is 71.3 Å². The van der Waals surface area contributed by atoms with Crippen LogP contribution in [0, 0.1) is 11.3 Å². The predicted octanol–water partition coefficient (Wildman–Crippen LogP) is 4.99. The van der Waals surface area contributed by atoms with Gasteiger partial charge in [0.1, 0.15) is 11.8 Å². The lowest BCUT2D eigenvalue weighted by molar-refractivity contribution is -0.124. The first-order chi connectivity index (χ1) is 12.2. The van der Waals surface area contributed by atoms with E-state index >= 15 is 0 Å². The van der Waals surface area contributed by atoms with Gasteiger partial charge in [0.2, 0.25) is 5.91 Å². The maximum absolute atomic E-state index is 12.6. The second-order valence-corrected chi connectivity index (χ2v) is 12.7. The summed E-state index contributed by atoms with van der Waals surface area (Å²) in [4.78, 5) is 12.6. The molecule has 1 N–H and O–H groups in total. The van der Waals surface area contributed by atoms with Crippen molar-refractivity contribution in [3.05, 3.63) is 28.8 Å². The largest absolute Gasteiger partial charge is 0.496 e. The number of amides is 1. The summed E-state index contributed by atoms with van der Waals surface area (Å²) in [5, 5.41) is 12.8. The molecule has 0 saturated carbocycles. The molecular formula is C20H31ClN2O3S. The van der Waals surface area contributed by atoms with Gasteiger partial charge in [0.15, 0.2) is 0 Å². The average Bonchev–Trinajstić information content (AvgIpc) is 2.49. The van der Waals surface area contributed by atoms with Gasteiger partial charge in [-0.2, -0.15) is 5.26 Å². The van der Waals surface area contributed by atoms with Gasteiger partial charge in [-0.3, -0.25) is 4.79 Å². The summed E-state index contributed by atoms with van der Waals surface area (Å²) in [6.45, 7) is 10.2. The molecule has 1 rings (SSSR count). The molecule has 152 valence electrons. The van der Waals surface area contributed by atoms with Crippen LogP contribution < -0.4 is 10.1 Å². The lowest BCUT2D eigenvalue weighted by atomic mass is 10.0. The maximum atomic E-state index is 12.6. The molecule has 5 nitrogen and oxygen atoms in total. The normalized spacial score (nSPS) is 14.2. The Balaban J connectivity index is 2.91. The standard InChI is InChI=1S/C20H31ClN2O3S/c1-19(2,3)27(7,8)26-20(4,5)12-18(24)23-16(13-22)15-11-14(21)9-10-17(15)25-6/h9-11,16H,12H2,1-8H3,(H,23,24). The van der Waals surface area contributed by atoms with Crippen LogP contribution in [0.5, 0.6) is 5.75 Å². The van der Waals surface area contributed by atoms with Crippen LogP contribution in [-0.2, 0) is 8.98 Å². The summed E-state index contributed by atoms with van der Waals surface area (Å²) in [5.41, 5.74) is -0.130. The third-order valence-electron chi connectivity index (χ3n) is 4.43. The van der Waals surface area contributed by atoms with Gasteiger partial charge in [-0.15, -0.1) is 10.3 Å². The molecule has 1 amide bonds. The summed E-state index contributed by atoms with van der Waals surface area (Å²) in [6, 6.07) is 6.23. The fourth-order valence-electron chi connectivity index (χ4n) is 2.43. The Labute approximate surface area is 169 Å². The molecular weight excluding hydrogens is 384 g/mol. The second kappa shape index (κ2) is 8.72. The van der Waals surface area contributed by atoms with E-state index in [-0.39, 0.29) is 17.1 Å². The minimum atomic E-state index is -1.39. The first-order valence-corrected chi connectivity index (χ1v) is 11.4. The molecule has 0 saturated heterocycles. The van der Waals surface area contributed by atoms with Crippen molar-refractivity contribution in [2.75, 3.05) is 19.6 Å². The zero-order valence-electron chi connectivity index (χ0n) is 17.5. The van der Waals surface area contributed by atoms with E-state index in [1.807, 2.05) is 13.8 Å². The number of hydrogen-bond acceptors (Lipinski definition) is 4. The minimum Gasteiger partial charge on any atom is -0.496 e. The average molecular weight is 415 g/mol. The zero-order chi connectivity index (χ0) is 21.0. The van der Waals surface area contributed by atoms with Gasteiger partial charge >= 0.3 is 0 Å². The fourth-order valence-corrected chi connectivity index (χ4v) is 4.04. The molecule has 1 aromatic carbocycles. The Kier molecular flexibility index (Phi) is 7.63. The van der Waals surface area contributed by atoms with E-state index in [1.165, 1.54) is 7.11 Å².